The molecule has 0 bridgehead atoms. The van der Waals surface area contributed by atoms with E-state index >= 15 is 0 Å². The van der Waals surface area contributed by atoms with Gasteiger partial charge in [0.2, 0.25) is 0 Å². The molecular formula is C18H18BrNO. The fourth-order valence-corrected chi connectivity index (χ4v) is 3.35. The van der Waals surface area contributed by atoms with Crippen molar-refractivity contribution in [3.8, 4) is 5.75 Å². The Kier molecular flexibility index (Phi) is 4.02. The first kappa shape index (κ1) is 14.2. The Labute approximate surface area is 133 Å². The van der Waals surface area contributed by atoms with Crippen LogP contribution in [0, 0.1) is 0 Å². The molecule has 0 spiro atoms. The number of rotatable bonds is 4. The van der Waals surface area contributed by atoms with Crippen molar-refractivity contribution in [1.29, 1.82) is 0 Å². The molecule has 0 aliphatic heterocycles. The molecule has 2 aromatic carbocycles. The van der Waals surface area contributed by atoms with E-state index in [-0.39, 0.29) is 0 Å². The summed E-state index contributed by atoms with van der Waals surface area (Å²) in [6.07, 6.45) is 3.22. The van der Waals surface area contributed by atoms with Crippen molar-refractivity contribution in [2.45, 2.75) is 19.9 Å². The molecule has 0 N–H and O–H groups in total. The second-order valence-electron chi connectivity index (χ2n) is 5.12. The van der Waals surface area contributed by atoms with Crippen LogP contribution in [0.4, 0.5) is 0 Å². The van der Waals surface area contributed by atoms with Crippen LogP contribution in [0.3, 0.4) is 0 Å². The van der Waals surface area contributed by atoms with Gasteiger partial charge in [0.25, 0.3) is 0 Å². The minimum atomic E-state index is 0.864. The smallest absolute Gasteiger partial charge is 0.133 e. The number of aromatic nitrogens is 1. The first-order valence-corrected chi connectivity index (χ1v) is 7.91. The van der Waals surface area contributed by atoms with E-state index in [4.69, 9.17) is 4.74 Å². The Hall–Kier alpha value is -1.74. The lowest BCUT2D eigenvalue weighted by Gasteiger charge is -2.10. The Morgan fingerprint density at radius 3 is 2.71 bits per heavy atom. The molecule has 21 heavy (non-hydrogen) atoms. The SMILES string of the molecule is CCc1cccc2ccn(Cc3ccc(OC)c(Br)c3)c12. The summed E-state index contributed by atoms with van der Waals surface area (Å²) in [6.45, 7) is 3.07. The van der Waals surface area contributed by atoms with Crippen LogP contribution in [0.2, 0.25) is 0 Å². The maximum absolute atomic E-state index is 5.29. The highest BCUT2D eigenvalue weighted by molar-refractivity contribution is 9.10. The Morgan fingerprint density at radius 2 is 2.00 bits per heavy atom. The lowest BCUT2D eigenvalue weighted by Crippen LogP contribution is -2.00. The van der Waals surface area contributed by atoms with Gasteiger partial charge in [-0.15, -0.1) is 0 Å². The number of benzene rings is 2. The third-order valence-corrected chi connectivity index (χ3v) is 4.44. The molecule has 0 saturated heterocycles. The van der Waals surface area contributed by atoms with Crippen molar-refractivity contribution >= 4 is 26.8 Å². The van der Waals surface area contributed by atoms with E-state index < -0.39 is 0 Å². The fourth-order valence-electron chi connectivity index (χ4n) is 2.76. The molecule has 108 valence electrons. The summed E-state index contributed by atoms with van der Waals surface area (Å²) < 4.78 is 8.61. The van der Waals surface area contributed by atoms with Gasteiger partial charge in [-0.05, 0) is 57.1 Å². The molecule has 0 atom stereocenters. The van der Waals surface area contributed by atoms with Gasteiger partial charge in [0.05, 0.1) is 17.1 Å². The van der Waals surface area contributed by atoms with Gasteiger partial charge in [-0.25, -0.2) is 0 Å². The molecule has 0 amide bonds. The van der Waals surface area contributed by atoms with Crippen LogP contribution >= 0.6 is 15.9 Å². The number of hydrogen-bond acceptors (Lipinski definition) is 1. The van der Waals surface area contributed by atoms with Crippen molar-refractivity contribution < 1.29 is 4.74 Å². The maximum Gasteiger partial charge on any atom is 0.133 e. The predicted octanol–water partition coefficient (Wildman–Crippen LogP) is 5.02. The number of ether oxygens (including phenoxy) is 1. The van der Waals surface area contributed by atoms with Gasteiger partial charge in [0, 0.05) is 12.7 Å². The van der Waals surface area contributed by atoms with Gasteiger partial charge in [0.15, 0.2) is 0 Å². The largest absolute Gasteiger partial charge is 0.496 e. The molecule has 0 fully saturated rings. The molecule has 1 aromatic heterocycles. The first-order valence-electron chi connectivity index (χ1n) is 7.12. The Morgan fingerprint density at radius 1 is 1.14 bits per heavy atom. The van der Waals surface area contributed by atoms with E-state index in [1.54, 1.807) is 7.11 Å². The van der Waals surface area contributed by atoms with Crippen molar-refractivity contribution in [1.82, 2.24) is 4.57 Å². The lowest BCUT2D eigenvalue weighted by molar-refractivity contribution is 0.412. The van der Waals surface area contributed by atoms with Crippen LogP contribution in [-0.4, -0.2) is 11.7 Å². The summed E-state index contributed by atoms with van der Waals surface area (Å²) in [4.78, 5) is 0. The zero-order valence-electron chi connectivity index (χ0n) is 12.3. The molecule has 3 aromatic rings. The maximum atomic E-state index is 5.29. The molecule has 3 heteroatoms. The van der Waals surface area contributed by atoms with Crippen molar-refractivity contribution in [2.75, 3.05) is 7.11 Å². The number of methoxy groups -OCH3 is 1. The summed E-state index contributed by atoms with van der Waals surface area (Å²) in [6, 6.07) is 15.0. The lowest BCUT2D eigenvalue weighted by atomic mass is 10.1. The summed E-state index contributed by atoms with van der Waals surface area (Å²) in [5, 5.41) is 1.31. The standard InChI is InChI=1S/C18H18BrNO/c1-3-14-5-4-6-15-9-10-20(18(14)15)12-13-7-8-17(21-2)16(19)11-13/h4-11H,3,12H2,1-2H3. The number of para-hydroxylation sites is 1. The summed E-state index contributed by atoms with van der Waals surface area (Å²) in [5.41, 5.74) is 3.99. The van der Waals surface area contributed by atoms with E-state index in [1.165, 1.54) is 22.0 Å². The van der Waals surface area contributed by atoms with E-state index in [0.29, 0.717) is 0 Å². The quantitative estimate of drug-likeness (QED) is 0.648. The van der Waals surface area contributed by atoms with Crippen LogP contribution in [-0.2, 0) is 13.0 Å². The predicted molar refractivity (Wildman–Crippen MR) is 91.1 cm³/mol. The first-order chi connectivity index (χ1) is 10.2. The van der Waals surface area contributed by atoms with Crippen molar-refractivity contribution in [3.63, 3.8) is 0 Å². The van der Waals surface area contributed by atoms with E-state index in [0.717, 1.165) is 23.2 Å². The van der Waals surface area contributed by atoms with Crippen LogP contribution in [0.25, 0.3) is 10.9 Å². The van der Waals surface area contributed by atoms with Crippen molar-refractivity contribution in [2.24, 2.45) is 0 Å². The molecule has 3 rings (SSSR count). The molecule has 0 saturated carbocycles. The zero-order valence-corrected chi connectivity index (χ0v) is 13.9. The van der Waals surface area contributed by atoms with Crippen LogP contribution < -0.4 is 4.74 Å². The van der Waals surface area contributed by atoms with Gasteiger partial charge >= 0.3 is 0 Å². The Bertz CT molecular complexity index is 776. The number of hydrogen-bond donors (Lipinski definition) is 0. The van der Waals surface area contributed by atoms with E-state index in [1.807, 2.05) is 6.07 Å². The minimum Gasteiger partial charge on any atom is -0.496 e. The molecule has 2 nitrogen and oxygen atoms in total. The van der Waals surface area contributed by atoms with Gasteiger partial charge in [0.1, 0.15) is 5.75 Å². The number of nitrogens with zero attached hydrogens (tertiary/aromatic N) is 1. The monoisotopic (exact) mass is 343 g/mol. The highest BCUT2D eigenvalue weighted by atomic mass is 79.9. The highest BCUT2D eigenvalue weighted by Gasteiger charge is 2.07. The third-order valence-electron chi connectivity index (χ3n) is 3.82. The second kappa shape index (κ2) is 5.94. The normalized spacial score (nSPS) is 11.0. The molecular weight excluding hydrogens is 326 g/mol. The summed E-state index contributed by atoms with van der Waals surface area (Å²) in [7, 11) is 1.69. The van der Waals surface area contributed by atoms with E-state index in [2.05, 4.69) is 70.0 Å². The van der Waals surface area contributed by atoms with Crippen LogP contribution in [0.15, 0.2) is 53.1 Å². The summed E-state index contributed by atoms with van der Waals surface area (Å²) >= 11 is 3.56. The van der Waals surface area contributed by atoms with Gasteiger partial charge < -0.3 is 9.30 Å². The molecule has 0 aliphatic carbocycles. The fraction of sp³-hybridized carbons (Fsp3) is 0.222. The number of aryl methyl sites for hydroxylation is 1. The third kappa shape index (κ3) is 2.70. The molecule has 0 radical (unpaired) electrons. The molecule has 1 heterocycles. The second-order valence-corrected chi connectivity index (χ2v) is 5.98. The number of halogens is 1. The number of fused-ring (bicyclic) bond motifs is 1. The summed E-state index contributed by atoms with van der Waals surface area (Å²) in [5.74, 6) is 0.866. The Balaban J connectivity index is 2.00. The minimum absolute atomic E-state index is 0.864. The van der Waals surface area contributed by atoms with Crippen molar-refractivity contribution in [3.05, 3.63) is 64.3 Å². The van der Waals surface area contributed by atoms with Gasteiger partial charge in [-0.3, -0.25) is 0 Å². The van der Waals surface area contributed by atoms with E-state index in [9.17, 15) is 0 Å². The molecule has 0 unspecified atom stereocenters. The highest BCUT2D eigenvalue weighted by Crippen LogP contribution is 2.27. The van der Waals surface area contributed by atoms with Gasteiger partial charge in [-0.1, -0.05) is 31.2 Å². The zero-order chi connectivity index (χ0) is 14.8. The molecule has 0 aliphatic rings. The van der Waals surface area contributed by atoms with Gasteiger partial charge in [-0.2, -0.15) is 0 Å². The average Bonchev–Trinajstić information content (AvgIpc) is 2.91. The topological polar surface area (TPSA) is 14.2 Å². The van der Waals surface area contributed by atoms with Crippen LogP contribution in [0.5, 0.6) is 5.75 Å². The average molecular weight is 344 g/mol. The van der Waals surface area contributed by atoms with Crippen LogP contribution in [0.1, 0.15) is 18.1 Å².